The molecule has 0 saturated carbocycles. The van der Waals surface area contributed by atoms with Crippen molar-refractivity contribution in [3.05, 3.63) is 239 Å². The summed E-state index contributed by atoms with van der Waals surface area (Å²) in [6, 6.07) is 74.6. The van der Waals surface area contributed by atoms with Gasteiger partial charge in [-0.25, -0.2) is 0 Å². The number of aryl methyl sites for hydroxylation is 2. The van der Waals surface area contributed by atoms with Crippen LogP contribution in [0, 0.1) is 13.8 Å². The van der Waals surface area contributed by atoms with Crippen molar-refractivity contribution in [3.63, 3.8) is 0 Å². The van der Waals surface area contributed by atoms with Crippen molar-refractivity contribution in [2.75, 3.05) is 14.7 Å². The average molecular weight is 1120 g/mol. The van der Waals surface area contributed by atoms with Gasteiger partial charge in [0, 0.05) is 61.7 Å². The molecular formula is C81H80BN3O. The van der Waals surface area contributed by atoms with Crippen molar-refractivity contribution >= 4 is 96.2 Å². The van der Waals surface area contributed by atoms with Crippen molar-refractivity contribution in [2.24, 2.45) is 0 Å². The van der Waals surface area contributed by atoms with Crippen molar-refractivity contribution in [1.29, 1.82) is 0 Å². The third-order valence-electron chi connectivity index (χ3n) is 19.3. The Hall–Kier alpha value is -8.54. The van der Waals surface area contributed by atoms with Crippen molar-refractivity contribution < 1.29 is 4.42 Å². The van der Waals surface area contributed by atoms with Gasteiger partial charge in [-0.3, -0.25) is 0 Å². The van der Waals surface area contributed by atoms with Gasteiger partial charge in [0.15, 0.2) is 0 Å². The molecule has 0 spiro atoms. The van der Waals surface area contributed by atoms with Crippen LogP contribution in [0.15, 0.2) is 199 Å². The van der Waals surface area contributed by atoms with E-state index in [0.717, 1.165) is 50.1 Å². The fourth-order valence-corrected chi connectivity index (χ4v) is 14.5. The van der Waals surface area contributed by atoms with Crippen LogP contribution in [0.25, 0.3) is 44.2 Å². The van der Waals surface area contributed by atoms with Crippen molar-refractivity contribution in [2.45, 2.75) is 138 Å². The molecule has 1 aromatic heterocycles. The monoisotopic (exact) mass is 1120 g/mol. The Morgan fingerprint density at radius 3 is 1.64 bits per heavy atom. The topological polar surface area (TPSA) is 22.9 Å². The lowest BCUT2D eigenvalue weighted by atomic mass is 9.33. The van der Waals surface area contributed by atoms with Gasteiger partial charge in [-0.1, -0.05) is 212 Å². The van der Waals surface area contributed by atoms with E-state index in [1.54, 1.807) is 0 Å². The Labute approximate surface area is 511 Å². The molecule has 3 heterocycles. The van der Waals surface area contributed by atoms with Crippen LogP contribution in [0.3, 0.4) is 0 Å². The molecule has 0 unspecified atom stereocenters. The lowest BCUT2D eigenvalue weighted by Crippen LogP contribution is -2.61. The molecule has 14 rings (SSSR count). The lowest BCUT2D eigenvalue weighted by Gasteiger charge is -2.46. The first kappa shape index (κ1) is 55.3. The minimum Gasteiger partial charge on any atom is -0.456 e. The summed E-state index contributed by atoms with van der Waals surface area (Å²) in [6.45, 7) is 37.4. The first-order valence-electron chi connectivity index (χ1n) is 31.1. The molecule has 0 amide bonds. The molecule has 428 valence electrons. The van der Waals surface area contributed by atoms with Gasteiger partial charge in [0.2, 0.25) is 0 Å². The number of benzene rings is 10. The first-order chi connectivity index (χ1) is 40.8. The predicted octanol–water partition coefficient (Wildman–Crippen LogP) is 20.9. The second kappa shape index (κ2) is 19.2. The molecule has 11 aromatic rings. The summed E-state index contributed by atoms with van der Waals surface area (Å²) in [5.41, 5.74) is 31.3. The summed E-state index contributed by atoms with van der Waals surface area (Å²) in [5, 5.41) is 2.27. The van der Waals surface area contributed by atoms with E-state index in [-0.39, 0.29) is 33.8 Å². The highest BCUT2D eigenvalue weighted by molar-refractivity contribution is 7.00. The molecule has 10 aromatic carbocycles. The largest absolute Gasteiger partial charge is 0.456 e. The Balaban J connectivity index is 1.05. The van der Waals surface area contributed by atoms with E-state index >= 15 is 0 Å². The molecule has 4 nitrogen and oxygen atoms in total. The SMILES string of the molecule is Cc1cc(C(C)(C)C)cc(C)c1N(c1ccc(C(C)(C)C)cc1)c1ccc2c(c1)N(c1ccc(-c3cccc4oc5ccccc5c34)cc1)c1cc(C(C)(C)C)cc3c1B2c1cc(C(C)(C)C)ccc1N3c1ccc2c(c1)C(C)(C)c1ccccc1-2. The maximum Gasteiger partial charge on any atom is 0.252 e. The summed E-state index contributed by atoms with van der Waals surface area (Å²) in [6.07, 6.45) is 0. The highest BCUT2D eigenvalue weighted by Gasteiger charge is 2.46. The van der Waals surface area contributed by atoms with Crippen LogP contribution in [-0.2, 0) is 27.1 Å². The quantitative estimate of drug-likeness (QED) is 0.155. The smallest absolute Gasteiger partial charge is 0.252 e. The molecule has 3 aliphatic rings. The number of furan rings is 1. The summed E-state index contributed by atoms with van der Waals surface area (Å²) in [5.74, 6) is 0. The van der Waals surface area contributed by atoms with Crippen LogP contribution in [0.2, 0.25) is 0 Å². The van der Waals surface area contributed by atoms with Crippen LogP contribution in [0.5, 0.6) is 0 Å². The second-order valence-electron chi connectivity index (χ2n) is 29.6. The van der Waals surface area contributed by atoms with Crippen LogP contribution in [0.1, 0.15) is 141 Å². The van der Waals surface area contributed by atoms with E-state index in [9.17, 15) is 0 Å². The molecule has 2 aliphatic heterocycles. The number of hydrogen-bond donors (Lipinski definition) is 0. The molecule has 0 atom stereocenters. The minimum absolute atomic E-state index is 0.00407. The van der Waals surface area contributed by atoms with Gasteiger partial charge in [0.1, 0.15) is 11.2 Å². The Morgan fingerprint density at radius 2 is 0.965 bits per heavy atom. The summed E-state index contributed by atoms with van der Waals surface area (Å²) < 4.78 is 6.46. The molecule has 1 aliphatic carbocycles. The Bertz CT molecular complexity index is 4540. The molecule has 86 heavy (non-hydrogen) atoms. The van der Waals surface area contributed by atoms with Crippen LogP contribution >= 0.6 is 0 Å². The van der Waals surface area contributed by atoms with E-state index in [2.05, 4.69) is 320 Å². The van der Waals surface area contributed by atoms with Gasteiger partial charge in [0.05, 0.1) is 5.69 Å². The summed E-state index contributed by atoms with van der Waals surface area (Å²) in [7, 11) is 0. The third kappa shape index (κ3) is 8.77. The van der Waals surface area contributed by atoms with Crippen molar-refractivity contribution in [1.82, 2.24) is 0 Å². The number of anilines is 9. The molecule has 5 heteroatoms. The van der Waals surface area contributed by atoms with E-state index in [1.165, 1.54) is 106 Å². The van der Waals surface area contributed by atoms with Gasteiger partial charge in [0.25, 0.3) is 6.71 Å². The number of rotatable bonds is 6. The summed E-state index contributed by atoms with van der Waals surface area (Å²) >= 11 is 0. The zero-order chi connectivity index (χ0) is 60.3. The van der Waals surface area contributed by atoms with Crippen molar-refractivity contribution in [3.8, 4) is 22.3 Å². The standard InChI is InChI=1S/C81H80BN3O/c1-49-42-54(79(9,10)11)43-50(2)76(49)83(56-35-30-52(31-36-56)77(3,4)5)59-38-40-66-69(48-59)84(57-33-28-51(29-34-57)60-24-21-27-73-74(60)63-23-18-20-26-72(63)86-73)70-45-55(80(12,13)14)46-71-75(70)82(66)67-44-53(78(6,7)8)32-41-68(67)85(71)58-37-39-62-61-22-17-19-25-64(61)81(15,16)65(62)47-58/h17-48H,1-16H3. The van der Waals surface area contributed by atoms with Gasteiger partial charge >= 0.3 is 0 Å². The predicted molar refractivity (Wildman–Crippen MR) is 370 cm³/mol. The van der Waals surface area contributed by atoms with E-state index in [0.29, 0.717) is 0 Å². The van der Waals surface area contributed by atoms with Gasteiger partial charge in [-0.05, 0) is 198 Å². The number of hydrogen-bond acceptors (Lipinski definition) is 4. The van der Waals surface area contributed by atoms with Gasteiger partial charge in [-0.2, -0.15) is 0 Å². The van der Waals surface area contributed by atoms with Crippen LogP contribution in [0.4, 0.5) is 51.2 Å². The summed E-state index contributed by atoms with van der Waals surface area (Å²) in [4.78, 5) is 7.77. The Kier molecular flexibility index (Phi) is 12.4. The van der Waals surface area contributed by atoms with Gasteiger partial charge in [-0.15, -0.1) is 0 Å². The maximum absolute atomic E-state index is 6.46. The number of para-hydroxylation sites is 1. The third-order valence-corrected chi connectivity index (χ3v) is 19.3. The molecule has 0 saturated heterocycles. The normalized spacial score (nSPS) is 14.3. The van der Waals surface area contributed by atoms with Gasteiger partial charge < -0.3 is 19.1 Å². The van der Waals surface area contributed by atoms with E-state index in [4.69, 9.17) is 4.42 Å². The maximum atomic E-state index is 6.46. The zero-order valence-electron chi connectivity index (χ0n) is 53.3. The average Bonchev–Trinajstić information content (AvgIpc) is 0.848. The van der Waals surface area contributed by atoms with Crippen LogP contribution in [-0.4, -0.2) is 6.71 Å². The van der Waals surface area contributed by atoms with E-state index < -0.39 is 0 Å². The Morgan fingerprint density at radius 1 is 0.407 bits per heavy atom. The fourth-order valence-electron chi connectivity index (χ4n) is 14.5. The number of nitrogens with zero attached hydrogens (tertiary/aromatic N) is 3. The lowest BCUT2D eigenvalue weighted by molar-refractivity contribution is 0.589. The molecule has 0 N–H and O–H groups in total. The first-order valence-corrected chi connectivity index (χ1v) is 31.1. The molecule has 0 bridgehead atoms. The minimum atomic E-state index is -0.196. The molecular weight excluding hydrogens is 1040 g/mol. The molecule has 0 radical (unpaired) electrons. The van der Waals surface area contributed by atoms with E-state index in [1.807, 2.05) is 0 Å². The fraction of sp³-hybridized carbons (Fsp3) is 0.259. The highest BCUT2D eigenvalue weighted by atomic mass is 16.3. The highest BCUT2D eigenvalue weighted by Crippen LogP contribution is 2.53. The second-order valence-corrected chi connectivity index (χ2v) is 29.6. The van der Waals surface area contributed by atoms with Crippen LogP contribution < -0.4 is 31.1 Å². The zero-order valence-corrected chi connectivity index (χ0v) is 53.3. The number of fused-ring (bicyclic) bond motifs is 10. The molecule has 0 fully saturated rings.